The zero-order chi connectivity index (χ0) is 31.7. The van der Waals surface area contributed by atoms with Gasteiger partial charge in [-0.25, -0.2) is 0 Å². The fourth-order valence-corrected chi connectivity index (χ4v) is 5.09. The molecule has 0 radical (unpaired) electrons. The van der Waals surface area contributed by atoms with Crippen molar-refractivity contribution >= 4 is 29.4 Å². The summed E-state index contributed by atoms with van der Waals surface area (Å²) in [7, 11) is 0. The monoisotopic (exact) mass is 603 g/mol. The molecule has 244 valence electrons. The normalized spacial score (nSPS) is 10.8. The summed E-state index contributed by atoms with van der Waals surface area (Å²) in [5.41, 5.74) is 1.42. The van der Waals surface area contributed by atoms with Gasteiger partial charge in [-0.15, -0.1) is 0 Å². The maximum atomic E-state index is 13.3. The van der Waals surface area contributed by atoms with Crippen LogP contribution in [0.5, 0.6) is 0 Å². The zero-order valence-corrected chi connectivity index (χ0v) is 26.7. The van der Waals surface area contributed by atoms with E-state index in [1.54, 1.807) is 6.07 Å². The first-order valence-electron chi connectivity index (χ1n) is 16.7. The predicted octanol–water partition coefficient (Wildman–Crippen LogP) is 7.33. The third-order valence-corrected chi connectivity index (χ3v) is 7.63. The fraction of sp³-hybridized carbons (Fsp3) is 0.706. The second kappa shape index (κ2) is 24.4. The van der Waals surface area contributed by atoms with Crippen LogP contribution in [0, 0.1) is 0 Å². The molecule has 1 aromatic rings. The van der Waals surface area contributed by atoms with E-state index in [0.717, 1.165) is 38.5 Å². The lowest BCUT2D eigenvalue weighted by Gasteiger charge is -2.18. The highest BCUT2D eigenvalue weighted by Gasteiger charge is 2.20. The number of aliphatic carboxylic acids is 2. The Labute approximate surface area is 259 Å². The first kappa shape index (κ1) is 37.9. The number of hydrogen-bond acceptors (Lipinski definition) is 5. The number of carboxylic acid groups (broad SMARTS) is 2. The quantitative estimate of drug-likeness (QED) is 0.0662. The van der Waals surface area contributed by atoms with E-state index in [4.69, 9.17) is 5.11 Å². The number of amides is 2. The highest BCUT2D eigenvalue weighted by molar-refractivity contribution is 6.02. The van der Waals surface area contributed by atoms with Crippen LogP contribution in [0.1, 0.15) is 156 Å². The first-order chi connectivity index (χ1) is 20.8. The van der Waals surface area contributed by atoms with Crippen LogP contribution in [0.15, 0.2) is 12.1 Å². The first-order valence-corrected chi connectivity index (χ1v) is 16.7. The van der Waals surface area contributed by atoms with Gasteiger partial charge in [0.2, 0.25) is 0 Å². The highest BCUT2D eigenvalue weighted by Crippen LogP contribution is 2.25. The molecule has 0 spiro atoms. The number of hydrogen-bond donors (Lipinski definition) is 5. The Balaban J connectivity index is 2.91. The number of benzene rings is 1. The number of rotatable bonds is 27. The number of carbonyl (C=O) groups is 4. The third kappa shape index (κ3) is 18.2. The molecular weight excluding hydrogens is 546 g/mol. The van der Waals surface area contributed by atoms with Crippen molar-refractivity contribution in [3.63, 3.8) is 0 Å². The summed E-state index contributed by atoms with van der Waals surface area (Å²) in [6.07, 6.45) is 18.1. The van der Waals surface area contributed by atoms with Gasteiger partial charge >= 0.3 is 11.9 Å². The van der Waals surface area contributed by atoms with E-state index in [-0.39, 0.29) is 48.7 Å². The summed E-state index contributed by atoms with van der Waals surface area (Å²) in [6.45, 7) is 5.50. The van der Waals surface area contributed by atoms with Crippen LogP contribution in [0.4, 0.5) is 5.69 Å². The fourth-order valence-electron chi connectivity index (χ4n) is 5.09. The molecule has 9 nitrogen and oxygen atoms in total. The Morgan fingerprint density at radius 2 is 1.05 bits per heavy atom. The molecule has 2 amide bonds. The average Bonchev–Trinajstić information content (AvgIpc) is 2.97. The predicted molar refractivity (Wildman–Crippen MR) is 173 cm³/mol. The van der Waals surface area contributed by atoms with Gasteiger partial charge in [0.1, 0.15) is 0 Å². The molecule has 0 saturated carbocycles. The topological polar surface area (TPSA) is 145 Å². The maximum Gasteiger partial charge on any atom is 0.305 e. The van der Waals surface area contributed by atoms with Crippen molar-refractivity contribution in [3.8, 4) is 0 Å². The minimum atomic E-state index is -1.01. The van der Waals surface area contributed by atoms with Crippen LogP contribution in [0.3, 0.4) is 0 Å². The Hall–Kier alpha value is -3.10. The smallest absolute Gasteiger partial charge is 0.305 e. The molecule has 5 N–H and O–H groups in total. The Kier molecular flexibility index (Phi) is 21.5. The molecule has 0 aromatic heterocycles. The standard InChI is InChI=1S/C34H57N3O6/c1-3-5-7-9-11-13-15-17-22-36-33(42)27-25-29(34(43)37-23-18-16-14-12-10-8-6-4-2)28(19-20-31(38)39)30(26-27)35-24-21-32(40)41/h25-26,35H,3-24H2,1-2H3,(H,36,42)(H,37,43)(H,38,39)(H,40,41). The van der Waals surface area contributed by atoms with E-state index in [0.29, 0.717) is 24.3 Å². The van der Waals surface area contributed by atoms with Gasteiger partial charge in [-0.05, 0) is 37.0 Å². The summed E-state index contributed by atoms with van der Waals surface area (Å²) >= 11 is 0. The van der Waals surface area contributed by atoms with Gasteiger partial charge in [0, 0.05) is 42.9 Å². The Morgan fingerprint density at radius 3 is 1.53 bits per heavy atom. The van der Waals surface area contributed by atoms with Gasteiger partial charge in [0.15, 0.2) is 0 Å². The molecule has 0 saturated heterocycles. The molecule has 43 heavy (non-hydrogen) atoms. The van der Waals surface area contributed by atoms with Crippen molar-refractivity contribution in [1.29, 1.82) is 0 Å². The minimum Gasteiger partial charge on any atom is -0.481 e. The van der Waals surface area contributed by atoms with Gasteiger partial charge in [-0.1, -0.05) is 104 Å². The molecule has 0 atom stereocenters. The highest BCUT2D eigenvalue weighted by atomic mass is 16.4. The van der Waals surface area contributed by atoms with Crippen molar-refractivity contribution in [1.82, 2.24) is 10.6 Å². The van der Waals surface area contributed by atoms with E-state index in [2.05, 4.69) is 29.8 Å². The lowest BCUT2D eigenvalue weighted by Crippen LogP contribution is -2.28. The number of anilines is 1. The average molecular weight is 604 g/mol. The summed E-state index contributed by atoms with van der Waals surface area (Å²) in [5, 5.41) is 27.4. The molecule has 0 heterocycles. The molecule has 0 bridgehead atoms. The lowest BCUT2D eigenvalue weighted by atomic mass is 9.96. The van der Waals surface area contributed by atoms with Crippen molar-refractivity contribution in [2.45, 2.75) is 136 Å². The van der Waals surface area contributed by atoms with E-state index < -0.39 is 11.9 Å². The zero-order valence-electron chi connectivity index (χ0n) is 26.7. The molecule has 1 rings (SSSR count). The van der Waals surface area contributed by atoms with Gasteiger partial charge in [-0.2, -0.15) is 0 Å². The number of unbranched alkanes of at least 4 members (excludes halogenated alkanes) is 14. The largest absolute Gasteiger partial charge is 0.481 e. The molecule has 0 fully saturated rings. The SMILES string of the molecule is CCCCCCCCCCNC(=O)c1cc(NCCC(=O)O)c(CCC(=O)O)c(C(=O)NCCCCCCCCCC)c1. The molecular formula is C34H57N3O6. The number of carboxylic acids is 2. The van der Waals surface area contributed by atoms with Crippen LogP contribution in [0.25, 0.3) is 0 Å². The van der Waals surface area contributed by atoms with Crippen molar-refractivity contribution in [2.75, 3.05) is 25.0 Å². The van der Waals surface area contributed by atoms with Crippen LogP contribution in [0.2, 0.25) is 0 Å². The summed E-state index contributed by atoms with van der Waals surface area (Å²) in [4.78, 5) is 49.0. The Morgan fingerprint density at radius 1 is 0.581 bits per heavy atom. The van der Waals surface area contributed by atoms with Crippen LogP contribution >= 0.6 is 0 Å². The lowest BCUT2D eigenvalue weighted by molar-refractivity contribution is -0.137. The van der Waals surface area contributed by atoms with E-state index in [9.17, 15) is 24.3 Å². The second-order valence-electron chi connectivity index (χ2n) is 11.5. The maximum absolute atomic E-state index is 13.3. The second-order valence-corrected chi connectivity index (χ2v) is 11.5. The van der Waals surface area contributed by atoms with Crippen molar-refractivity contribution in [2.24, 2.45) is 0 Å². The van der Waals surface area contributed by atoms with E-state index in [1.807, 2.05) is 0 Å². The molecule has 0 aliphatic heterocycles. The van der Waals surface area contributed by atoms with Gasteiger partial charge < -0.3 is 26.2 Å². The molecule has 0 unspecified atom stereocenters. The van der Waals surface area contributed by atoms with Crippen LogP contribution in [-0.2, 0) is 16.0 Å². The number of carbonyl (C=O) groups excluding carboxylic acids is 2. The van der Waals surface area contributed by atoms with Gasteiger partial charge in [0.05, 0.1) is 6.42 Å². The Bertz CT molecular complexity index is 966. The molecule has 0 aliphatic carbocycles. The summed E-state index contributed by atoms with van der Waals surface area (Å²) < 4.78 is 0. The number of nitrogens with one attached hydrogen (secondary N) is 3. The summed E-state index contributed by atoms with van der Waals surface area (Å²) in [6, 6.07) is 3.13. The van der Waals surface area contributed by atoms with Gasteiger partial charge in [0.25, 0.3) is 11.8 Å². The van der Waals surface area contributed by atoms with Crippen molar-refractivity contribution in [3.05, 3.63) is 28.8 Å². The van der Waals surface area contributed by atoms with Crippen LogP contribution < -0.4 is 16.0 Å². The van der Waals surface area contributed by atoms with E-state index in [1.165, 1.54) is 70.3 Å². The van der Waals surface area contributed by atoms with E-state index >= 15 is 0 Å². The third-order valence-electron chi connectivity index (χ3n) is 7.63. The van der Waals surface area contributed by atoms with Crippen molar-refractivity contribution < 1.29 is 29.4 Å². The molecule has 9 heteroatoms. The van der Waals surface area contributed by atoms with Crippen LogP contribution in [-0.4, -0.2) is 53.6 Å². The molecule has 1 aromatic carbocycles. The minimum absolute atomic E-state index is 0.0748. The summed E-state index contributed by atoms with van der Waals surface area (Å²) in [5.74, 6) is -2.66. The molecule has 0 aliphatic rings. The van der Waals surface area contributed by atoms with Gasteiger partial charge in [-0.3, -0.25) is 19.2 Å².